The van der Waals surface area contributed by atoms with E-state index in [0.29, 0.717) is 26.3 Å². The Morgan fingerprint density at radius 1 is 1.21 bits per heavy atom. The van der Waals surface area contributed by atoms with Crippen molar-refractivity contribution in [2.45, 2.75) is 0 Å². The zero-order chi connectivity index (χ0) is 20.1. The summed E-state index contributed by atoms with van der Waals surface area (Å²) in [5, 5.41) is 20.3. The van der Waals surface area contributed by atoms with Crippen LogP contribution in [0.4, 0.5) is 4.39 Å². The van der Waals surface area contributed by atoms with Gasteiger partial charge in [-0.1, -0.05) is 0 Å². The Balaban J connectivity index is 1.71. The Bertz CT molecular complexity index is 937. The van der Waals surface area contributed by atoms with Gasteiger partial charge in [-0.2, -0.15) is 0 Å². The standard InChI is InChI=1S/C19H20FN3O5/c20-13-1-2-16(24)14(10-13)17(25)12-9-15(18(21)28-11-12)19(26)22-3-4-23-5-7-27-8-6-23/h1-2,9-11,21,24H,3-8H2,(H,22,26). The number of ketones is 1. The summed E-state index contributed by atoms with van der Waals surface area (Å²) in [6, 6.07) is 4.19. The van der Waals surface area contributed by atoms with Crippen molar-refractivity contribution >= 4 is 11.7 Å². The molecule has 28 heavy (non-hydrogen) atoms. The summed E-state index contributed by atoms with van der Waals surface area (Å²) >= 11 is 0. The van der Waals surface area contributed by atoms with E-state index in [1.54, 1.807) is 0 Å². The van der Waals surface area contributed by atoms with E-state index in [1.165, 1.54) is 6.07 Å². The van der Waals surface area contributed by atoms with Crippen LogP contribution in [0.5, 0.6) is 5.75 Å². The molecule has 148 valence electrons. The summed E-state index contributed by atoms with van der Waals surface area (Å²) < 4.78 is 23.7. The van der Waals surface area contributed by atoms with E-state index in [0.717, 1.165) is 37.6 Å². The zero-order valence-electron chi connectivity index (χ0n) is 15.0. The highest BCUT2D eigenvalue weighted by Gasteiger charge is 2.19. The molecule has 1 aliphatic rings. The number of nitrogens with one attached hydrogen (secondary N) is 2. The zero-order valence-corrected chi connectivity index (χ0v) is 15.0. The van der Waals surface area contributed by atoms with Crippen LogP contribution in [-0.4, -0.2) is 61.1 Å². The molecule has 1 aliphatic heterocycles. The van der Waals surface area contributed by atoms with E-state index in [4.69, 9.17) is 14.6 Å². The van der Waals surface area contributed by atoms with Gasteiger partial charge in [0.15, 0.2) is 5.78 Å². The van der Waals surface area contributed by atoms with E-state index >= 15 is 0 Å². The molecule has 3 rings (SSSR count). The van der Waals surface area contributed by atoms with Crippen molar-refractivity contribution in [1.29, 1.82) is 5.41 Å². The van der Waals surface area contributed by atoms with Crippen LogP contribution in [0.15, 0.2) is 34.9 Å². The van der Waals surface area contributed by atoms with Crippen LogP contribution < -0.4 is 10.9 Å². The first-order chi connectivity index (χ1) is 13.5. The monoisotopic (exact) mass is 389 g/mol. The maximum atomic E-state index is 13.4. The molecule has 0 saturated carbocycles. The molecule has 8 nitrogen and oxygen atoms in total. The molecule has 1 saturated heterocycles. The number of nitrogens with zero attached hydrogens (tertiary/aromatic N) is 1. The molecule has 0 atom stereocenters. The number of hydrogen-bond acceptors (Lipinski definition) is 7. The Morgan fingerprint density at radius 2 is 1.96 bits per heavy atom. The van der Waals surface area contributed by atoms with Gasteiger partial charge in [-0.25, -0.2) is 4.39 Å². The molecule has 9 heteroatoms. The summed E-state index contributed by atoms with van der Waals surface area (Å²) in [4.78, 5) is 27.1. The van der Waals surface area contributed by atoms with Crippen LogP contribution in [0.1, 0.15) is 26.3 Å². The minimum atomic E-state index is -0.719. The lowest BCUT2D eigenvalue weighted by atomic mass is 10.0. The summed E-state index contributed by atoms with van der Waals surface area (Å²) in [6.45, 7) is 3.88. The number of benzene rings is 1. The third kappa shape index (κ3) is 4.62. The molecule has 0 unspecified atom stereocenters. The summed E-state index contributed by atoms with van der Waals surface area (Å²) in [7, 11) is 0. The minimum Gasteiger partial charge on any atom is -0.507 e. The third-order valence-electron chi connectivity index (χ3n) is 4.38. The normalized spacial score (nSPS) is 14.6. The SMILES string of the molecule is N=c1occ(C(=O)c2cc(F)ccc2O)cc1C(=O)NCCN1CCOCC1. The quantitative estimate of drug-likeness (QED) is 0.632. The van der Waals surface area contributed by atoms with Crippen molar-refractivity contribution in [3.63, 3.8) is 0 Å². The maximum Gasteiger partial charge on any atom is 0.256 e. The molecule has 0 spiro atoms. The van der Waals surface area contributed by atoms with Gasteiger partial charge >= 0.3 is 0 Å². The number of hydrogen-bond donors (Lipinski definition) is 3. The van der Waals surface area contributed by atoms with E-state index < -0.39 is 28.8 Å². The second kappa shape index (κ2) is 8.77. The van der Waals surface area contributed by atoms with Gasteiger partial charge in [-0.3, -0.25) is 19.9 Å². The first-order valence-electron chi connectivity index (χ1n) is 8.74. The fraction of sp³-hybridized carbons (Fsp3) is 0.316. The predicted octanol–water partition coefficient (Wildman–Crippen LogP) is 0.897. The van der Waals surface area contributed by atoms with Crippen molar-refractivity contribution in [3.05, 3.63) is 58.6 Å². The van der Waals surface area contributed by atoms with Gasteiger partial charge in [0, 0.05) is 26.2 Å². The average Bonchev–Trinajstić information content (AvgIpc) is 2.70. The molecular weight excluding hydrogens is 369 g/mol. The number of aromatic hydroxyl groups is 1. The summed E-state index contributed by atoms with van der Waals surface area (Å²) in [5.74, 6) is -2.35. The van der Waals surface area contributed by atoms with Gasteiger partial charge in [-0.15, -0.1) is 0 Å². The van der Waals surface area contributed by atoms with Crippen LogP contribution in [0.25, 0.3) is 0 Å². The van der Waals surface area contributed by atoms with Crippen LogP contribution >= 0.6 is 0 Å². The Labute approximate surface area is 160 Å². The Hall–Kier alpha value is -3.04. The van der Waals surface area contributed by atoms with Crippen molar-refractivity contribution in [2.24, 2.45) is 0 Å². The molecule has 0 radical (unpaired) electrons. The van der Waals surface area contributed by atoms with E-state index in [9.17, 15) is 19.1 Å². The summed E-state index contributed by atoms with van der Waals surface area (Å²) in [5.41, 5.74) is -0.852. The molecule has 2 aromatic rings. The van der Waals surface area contributed by atoms with Gasteiger partial charge in [0.2, 0.25) is 5.55 Å². The number of halogens is 1. The smallest absolute Gasteiger partial charge is 0.256 e. The topological polar surface area (TPSA) is 116 Å². The first kappa shape index (κ1) is 19.7. The lowest BCUT2D eigenvalue weighted by Gasteiger charge is -2.26. The van der Waals surface area contributed by atoms with Gasteiger partial charge < -0.3 is 19.6 Å². The van der Waals surface area contributed by atoms with Crippen molar-refractivity contribution in [2.75, 3.05) is 39.4 Å². The van der Waals surface area contributed by atoms with Crippen LogP contribution in [-0.2, 0) is 4.74 Å². The number of rotatable bonds is 6. The second-order valence-corrected chi connectivity index (χ2v) is 6.28. The largest absolute Gasteiger partial charge is 0.507 e. The minimum absolute atomic E-state index is 0.0739. The highest BCUT2D eigenvalue weighted by molar-refractivity contribution is 6.11. The van der Waals surface area contributed by atoms with Crippen molar-refractivity contribution in [1.82, 2.24) is 10.2 Å². The molecule has 0 bridgehead atoms. The third-order valence-corrected chi connectivity index (χ3v) is 4.38. The Morgan fingerprint density at radius 3 is 2.71 bits per heavy atom. The van der Waals surface area contributed by atoms with Crippen LogP contribution in [0.2, 0.25) is 0 Å². The molecule has 0 aliphatic carbocycles. The number of phenols is 1. The van der Waals surface area contributed by atoms with Gasteiger partial charge in [0.1, 0.15) is 23.4 Å². The highest BCUT2D eigenvalue weighted by atomic mass is 19.1. The molecular formula is C19H20FN3O5. The number of amides is 1. The van der Waals surface area contributed by atoms with Gasteiger partial charge in [-0.05, 0) is 24.3 Å². The number of phenolic OH excluding ortho intramolecular Hbond substituents is 1. The molecule has 1 fully saturated rings. The van der Waals surface area contributed by atoms with Crippen LogP contribution in [0, 0.1) is 11.2 Å². The maximum absolute atomic E-state index is 13.4. The molecule has 1 amide bonds. The highest BCUT2D eigenvalue weighted by Crippen LogP contribution is 2.21. The summed E-state index contributed by atoms with van der Waals surface area (Å²) in [6.07, 6.45) is 1.000. The first-order valence-corrected chi connectivity index (χ1v) is 8.74. The fourth-order valence-corrected chi connectivity index (χ4v) is 2.82. The molecule has 1 aromatic heterocycles. The number of morpholine rings is 1. The van der Waals surface area contributed by atoms with E-state index in [-0.39, 0.29) is 16.7 Å². The number of ether oxygens (including phenoxy) is 1. The van der Waals surface area contributed by atoms with Crippen molar-refractivity contribution in [3.8, 4) is 5.75 Å². The second-order valence-electron chi connectivity index (χ2n) is 6.28. The van der Waals surface area contributed by atoms with Crippen molar-refractivity contribution < 1.29 is 28.2 Å². The van der Waals surface area contributed by atoms with E-state index in [1.807, 2.05) is 0 Å². The van der Waals surface area contributed by atoms with Crippen LogP contribution in [0.3, 0.4) is 0 Å². The molecule has 1 aromatic carbocycles. The van der Waals surface area contributed by atoms with Gasteiger partial charge in [0.05, 0.1) is 24.3 Å². The fourth-order valence-electron chi connectivity index (χ4n) is 2.82. The predicted molar refractivity (Wildman–Crippen MR) is 95.7 cm³/mol. The number of carbonyl (C=O) groups is 2. The lowest BCUT2D eigenvalue weighted by Crippen LogP contribution is -2.41. The Kier molecular flexibility index (Phi) is 6.17. The van der Waals surface area contributed by atoms with E-state index in [2.05, 4.69) is 10.2 Å². The molecule has 2 heterocycles. The number of carbonyl (C=O) groups excluding carboxylic acids is 2. The lowest BCUT2D eigenvalue weighted by molar-refractivity contribution is 0.0383. The van der Waals surface area contributed by atoms with Gasteiger partial charge in [0.25, 0.3) is 5.91 Å². The molecule has 3 N–H and O–H groups in total. The average molecular weight is 389 g/mol.